The number of hydrogen-bond acceptors (Lipinski definition) is 3. The lowest BCUT2D eigenvalue weighted by molar-refractivity contribution is -0.00540. The molecule has 0 aromatic heterocycles. The molecule has 4 nitrogen and oxygen atoms in total. The Labute approximate surface area is 162 Å². The quantitative estimate of drug-likeness (QED) is 0.667. The number of nitrogens with zero attached hydrogens (tertiary/aromatic N) is 1. The number of ether oxygens (including phenoxy) is 1. The Bertz CT molecular complexity index is 860. The number of aryl methyl sites for hydroxylation is 1. The van der Waals surface area contributed by atoms with E-state index in [9.17, 15) is 8.42 Å². The highest BCUT2D eigenvalue weighted by atomic mass is 32.2. The van der Waals surface area contributed by atoms with E-state index in [1.54, 1.807) is 16.4 Å². The number of sulfonamides is 1. The molecule has 0 aliphatic carbocycles. The lowest BCUT2D eigenvalue weighted by Gasteiger charge is -2.36. The van der Waals surface area contributed by atoms with Gasteiger partial charge in [-0.15, -0.1) is 0 Å². The Kier molecular flexibility index (Phi) is 6.47. The van der Waals surface area contributed by atoms with Crippen LogP contribution in [0.15, 0.2) is 71.6 Å². The van der Waals surface area contributed by atoms with E-state index in [0.29, 0.717) is 24.5 Å². The monoisotopic (exact) mass is 385 g/mol. The Hall–Kier alpha value is -1.95. The summed E-state index contributed by atoms with van der Waals surface area (Å²) in [5, 5.41) is 0. The predicted octanol–water partition coefficient (Wildman–Crippen LogP) is 4.31. The van der Waals surface area contributed by atoms with Crippen molar-refractivity contribution in [1.29, 1.82) is 0 Å². The molecule has 0 amide bonds. The van der Waals surface area contributed by atoms with E-state index in [0.717, 1.165) is 17.5 Å². The van der Waals surface area contributed by atoms with Gasteiger partial charge in [-0.25, -0.2) is 8.42 Å². The van der Waals surface area contributed by atoms with Gasteiger partial charge in [0.15, 0.2) is 0 Å². The van der Waals surface area contributed by atoms with E-state index in [1.807, 2.05) is 62.4 Å². The fraction of sp³-hybridized carbons (Fsp3) is 0.364. The molecule has 0 spiro atoms. The van der Waals surface area contributed by atoms with Crippen molar-refractivity contribution in [2.45, 2.75) is 50.3 Å². The lowest BCUT2D eigenvalue weighted by Crippen LogP contribution is -2.49. The van der Waals surface area contributed by atoms with Gasteiger partial charge in [0.25, 0.3) is 0 Å². The Morgan fingerprint density at radius 2 is 1.78 bits per heavy atom. The summed E-state index contributed by atoms with van der Waals surface area (Å²) in [4.78, 5) is 0.339. The second-order valence-electron chi connectivity index (χ2n) is 6.91. The van der Waals surface area contributed by atoms with E-state index in [2.05, 4.69) is 6.08 Å². The van der Waals surface area contributed by atoms with Crippen molar-refractivity contribution in [3.05, 3.63) is 77.9 Å². The first kappa shape index (κ1) is 19.8. The van der Waals surface area contributed by atoms with Crippen LogP contribution in [0.2, 0.25) is 0 Å². The van der Waals surface area contributed by atoms with Crippen LogP contribution < -0.4 is 0 Å². The van der Waals surface area contributed by atoms with Gasteiger partial charge in [0, 0.05) is 6.54 Å². The summed E-state index contributed by atoms with van der Waals surface area (Å²) in [7, 11) is -3.56. The minimum atomic E-state index is -3.56. The summed E-state index contributed by atoms with van der Waals surface area (Å²) in [6.07, 6.45) is 5.24. The highest BCUT2D eigenvalue weighted by Crippen LogP contribution is 2.27. The van der Waals surface area contributed by atoms with Gasteiger partial charge in [0.2, 0.25) is 10.0 Å². The van der Waals surface area contributed by atoms with Crippen LogP contribution in [0.4, 0.5) is 0 Å². The number of benzene rings is 2. The first-order chi connectivity index (χ1) is 13.0. The Balaban J connectivity index is 1.81. The lowest BCUT2D eigenvalue weighted by atomic mass is 10.0. The van der Waals surface area contributed by atoms with E-state index in [4.69, 9.17) is 4.74 Å². The number of hydrogen-bond donors (Lipinski definition) is 0. The molecule has 2 aromatic rings. The van der Waals surface area contributed by atoms with Crippen molar-refractivity contribution < 1.29 is 13.2 Å². The Morgan fingerprint density at radius 3 is 2.44 bits per heavy atom. The molecule has 144 valence electrons. The van der Waals surface area contributed by atoms with Gasteiger partial charge < -0.3 is 4.74 Å². The molecular weight excluding hydrogens is 358 g/mol. The van der Waals surface area contributed by atoms with Crippen molar-refractivity contribution in [2.24, 2.45) is 0 Å². The Morgan fingerprint density at radius 1 is 1.07 bits per heavy atom. The van der Waals surface area contributed by atoms with Crippen molar-refractivity contribution in [1.82, 2.24) is 4.31 Å². The standard InChI is InChI=1S/C22H27NO3S/c1-3-22(26-17-19-9-5-4-6-10-19)21-11-7-8-16-23(21)27(24,25)20-14-12-18(2)13-15-20/h4-10,12-15,21-22H,3,11,16-17H2,1-2H3/t21-,22+/m0/s1. The van der Waals surface area contributed by atoms with E-state index < -0.39 is 10.0 Å². The largest absolute Gasteiger partial charge is 0.372 e. The minimum absolute atomic E-state index is 0.157. The van der Waals surface area contributed by atoms with Crippen LogP contribution >= 0.6 is 0 Å². The first-order valence-corrected chi connectivity index (χ1v) is 10.9. The fourth-order valence-electron chi connectivity index (χ4n) is 3.40. The molecule has 0 saturated heterocycles. The van der Waals surface area contributed by atoms with Crippen molar-refractivity contribution in [2.75, 3.05) is 6.54 Å². The van der Waals surface area contributed by atoms with E-state index in [-0.39, 0.29) is 12.1 Å². The molecule has 1 aliphatic rings. The molecule has 1 heterocycles. The third-order valence-electron chi connectivity index (χ3n) is 4.97. The summed E-state index contributed by atoms with van der Waals surface area (Å²) >= 11 is 0. The van der Waals surface area contributed by atoms with E-state index in [1.165, 1.54) is 0 Å². The van der Waals surface area contributed by atoms with Gasteiger partial charge in [-0.05, 0) is 37.5 Å². The smallest absolute Gasteiger partial charge is 0.243 e. The third kappa shape index (κ3) is 4.67. The topological polar surface area (TPSA) is 46.6 Å². The highest BCUT2D eigenvalue weighted by molar-refractivity contribution is 7.89. The van der Waals surface area contributed by atoms with Gasteiger partial charge in [0.1, 0.15) is 0 Å². The van der Waals surface area contributed by atoms with Gasteiger partial charge >= 0.3 is 0 Å². The summed E-state index contributed by atoms with van der Waals surface area (Å²) in [5.41, 5.74) is 2.14. The fourth-order valence-corrected chi connectivity index (χ4v) is 5.02. The SMILES string of the molecule is CC[C@@H](OCc1ccccc1)[C@@H]1CC=CCN1S(=O)(=O)c1ccc(C)cc1. The maximum absolute atomic E-state index is 13.2. The molecule has 0 N–H and O–H groups in total. The molecule has 2 atom stereocenters. The first-order valence-electron chi connectivity index (χ1n) is 9.41. The average molecular weight is 386 g/mol. The zero-order valence-electron chi connectivity index (χ0n) is 15.9. The molecule has 27 heavy (non-hydrogen) atoms. The van der Waals surface area contributed by atoms with Gasteiger partial charge in [0.05, 0.1) is 23.6 Å². The zero-order valence-corrected chi connectivity index (χ0v) is 16.7. The van der Waals surface area contributed by atoms with Crippen LogP contribution in [-0.4, -0.2) is 31.4 Å². The molecule has 0 unspecified atom stereocenters. The molecule has 1 aliphatic heterocycles. The predicted molar refractivity (Wildman–Crippen MR) is 108 cm³/mol. The third-order valence-corrected chi connectivity index (χ3v) is 6.87. The average Bonchev–Trinajstić information content (AvgIpc) is 2.70. The molecule has 2 aromatic carbocycles. The molecule has 0 bridgehead atoms. The molecular formula is C22H27NO3S. The van der Waals surface area contributed by atoms with Crippen LogP contribution in [-0.2, 0) is 21.4 Å². The normalized spacial score (nSPS) is 19.1. The molecule has 3 rings (SSSR count). The van der Waals surface area contributed by atoms with Crippen LogP contribution in [0.3, 0.4) is 0 Å². The molecule has 0 radical (unpaired) electrons. The zero-order chi connectivity index (χ0) is 19.3. The molecule has 0 saturated carbocycles. The summed E-state index contributed by atoms with van der Waals surface area (Å²) in [6.45, 7) is 4.86. The second-order valence-corrected chi connectivity index (χ2v) is 8.80. The second kappa shape index (κ2) is 8.83. The maximum Gasteiger partial charge on any atom is 0.243 e. The van der Waals surface area contributed by atoms with E-state index >= 15 is 0 Å². The van der Waals surface area contributed by atoms with Gasteiger partial charge in [-0.1, -0.05) is 67.1 Å². The van der Waals surface area contributed by atoms with Crippen LogP contribution in [0, 0.1) is 6.92 Å². The molecule has 0 fully saturated rings. The van der Waals surface area contributed by atoms with Crippen molar-refractivity contribution in [3.63, 3.8) is 0 Å². The van der Waals surface area contributed by atoms with Gasteiger partial charge in [-0.3, -0.25) is 0 Å². The minimum Gasteiger partial charge on any atom is -0.372 e. The summed E-state index contributed by atoms with van der Waals surface area (Å²) in [6, 6.07) is 16.8. The maximum atomic E-state index is 13.2. The summed E-state index contributed by atoms with van der Waals surface area (Å²) in [5.74, 6) is 0. The van der Waals surface area contributed by atoms with Crippen LogP contribution in [0.5, 0.6) is 0 Å². The highest BCUT2D eigenvalue weighted by Gasteiger charge is 2.36. The molecule has 5 heteroatoms. The van der Waals surface area contributed by atoms with Crippen LogP contribution in [0.1, 0.15) is 30.9 Å². The van der Waals surface area contributed by atoms with Crippen molar-refractivity contribution >= 4 is 10.0 Å². The van der Waals surface area contributed by atoms with Crippen LogP contribution in [0.25, 0.3) is 0 Å². The summed E-state index contributed by atoms with van der Waals surface area (Å²) < 4.78 is 34.2. The van der Waals surface area contributed by atoms with Crippen molar-refractivity contribution in [3.8, 4) is 0 Å². The number of rotatable bonds is 7. The van der Waals surface area contributed by atoms with Gasteiger partial charge in [-0.2, -0.15) is 4.31 Å².